The zero-order valence-electron chi connectivity index (χ0n) is 14.6. The molecule has 0 fully saturated rings. The van der Waals surface area contributed by atoms with Crippen molar-refractivity contribution < 1.29 is 8.42 Å². The smallest absolute Gasteiger partial charge is 0.229 e. The molecular formula is C19H20N4O2S. The number of hydrogen-bond acceptors (Lipinski definition) is 5. The van der Waals surface area contributed by atoms with Crippen LogP contribution >= 0.6 is 0 Å². The quantitative estimate of drug-likeness (QED) is 0.691. The highest BCUT2D eigenvalue weighted by molar-refractivity contribution is 7.92. The van der Waals surface area contributed by atoms with Gasteiger partial charge in [-0.1, -0.05) is 37.3 Å². The Kier molecular flexibility index (Phi) is 5.18. The summed E-state index contributed by atoms with van der Waals surface area (Å²) in [6.45, 7) is 2.11. The van der Waals surface area contributed by atoms with E-state index in [0.717, 1.165) is 29.6 Å². The molecule has 134 valence electrons. The van der Waals surface area contributed by atoms with Crippen LogP contribution in [0.25, 0.3) is 11.3 Å². The molecule has 0 aliphatic rings. The van der Waals surface area contributed by atoms with Gasteiger partial charge in [-0.05, 0) is 30.2 Å². The van der Waals surface area contributed by atoms with Crippen molar-refractivity contribution in [3.05, 3.63) is 66.5 Å². The number of nitrogens with zero attached hydrogens (tertiary/aromatic N) is 2. The minimum Gasteiger partial charge on any atom is -0.340 e. The molecule has 7 heteroatoms. The van der Waals surface area contributed by atoms with Gasteiger partial charge in [0.1, 0.15) is 12.1 Å². The van der Waals surface area contributed by atoms with E-state index in [0.29, 0.717) is 11.5 Å². The van der Waals surface area contributed by atoms with Crippen LogP contribution in [-0.2, 0) is 16.4 Å². The number of aryl methyl sites for hydroxylation is 1. The molecule has 0 bridgehead atoms. The summed E-state index contributed by atoms with van der Waals surface area (Å²) in [5, 5.41) is 3.19. The molecule has 2 aromatic carbocycles. The van der Waals surface area contributed by atoms with E-state index in [2.05, 4.69) is 33.0 Å². The Morgan fingerprint density at radius 1 is 0.962 bits per heavy atom. The molecule has 0 radical (unpaired) electrons. The van der Waals surface area contributed by atoms with Gasteiger partial charge in [0.2, 0.25) is 10.0 Å². The minimum atomic E-state index is -3.32. The summed E-state index contributed by atoms with van der Waals surface area (Å²) in [6.07, 6.45) is 3.56. The molecule has 3 rings (SSSR count). The molecular weight excluding hydrogens is 348 g/mol. The van der Waals surface area contributed by atoms with Gasteiger partial charge in [-0.15, -0.1) is 0 Å². The van der Waals surface area contributed by atoms with Crippen molar-refractivity contribution >= 4 is 27.2 Å². The topological polar surface area (TPSA) is 84.0 Å². The van der Waals surface area contributed by atoms with Crippen LogP contribution in [0.2, 0.25) is 0 Å². The molecule has 0 saturated carbocycles. The highest BCUT2D eigenvalue weighted by Gasteiger charge is 2.07. The number of sulfonamides is 1. The van der Waals surface area contributed by atoms with E-state index < -0.39 is 10.0 Å². The third-order valence-corrected chi connectivity index (χ3v) is 4.39. The summed E-state index contributed by atoms with van der Waals surface area (Å²) < 4.78 is 25.2. The van der Waals surface area contributed by atoms with Crippen LogP contribution in [0.15, 0.2) is 60.9 Å². The molecule has 2 N–H and O–H groups in total. The first-order valence-corrected chi connectivity index (χ1v) is 10.1. The lowest BCUT2D eigenvalue weighted by Crippen LogP contribution is -2.09. The summed E-state index contributed by atoms with van der Waals surface area (Å²) in [7, 11) is -3.32. The van der Waals surface area contributed by atoms with Crippen LogP contribution < -0.4 is 10.0 Å². The maximum atomic E-state index is 11.4. The van der Waals surface area contributed by atoms with Crippen LogP contribution in [0.5, 0.6) is 0 Å². The van der Waals surface area contributed by atoms with Crippen LogP contribution in [0.3, 0.4) is 0 Å². The summed E-state index contributed by atoms with van der Waals surface area (Å²) in [5.41, 5.74) is 4.35. The summed E-state index contributed by atoms with van der Waals surface area (Å²) in [6, 6.07) is 17.0. The predicted octanol–water partition coefficient (Wildman–Crippen LogP) is 3.82. The van der Waals surface area contributed by atoms with Gasteiger partial charge in [-0.2, -0.15) is 0 Å². The van der Waals surface area contributed by atoms with E-state index >= 15 is 0 Å². The van der Waals surface area contributed by atoms with Crippen molar-refractivity contribution in [1.82, 2.24) is 9.97 Å². The largest absolute Gasteiger partial charge is 0.340 e. The van der Waals surface area contributed by atoms with Gasteiger partial charge in [-0.3, -0.25) is 4.72 Å². The van der Waals surface area contributed by atoms with Gasteiger partial charge in [0, 0.05) is 17.3 Å². The summed E-state index contributed by atoms with van der Waals surface area (Å²) >= 11 is 0. The normalized spacial score (nSPS) is 11.2. The first-order valence-electron chi connectivity index (χ1n) is 8.20. The molecule has 0 aliphatic carbocycles. The first-order chi connectivity index (χ1) is 12.4. The Hall–Kier alpha value is -2.93. The summed E-state index contributed by atoms with van der Waals surface area (Å²) in [4.78, 5) is 8.64. The molecule has 6 nitrogen and oxygen atoms in total. The van der Waals surface area contributed by atoms with Crippen LogP contribution in [-0.4, -0.2) is 24.6 Å². The number of anilines is 3. The number of hydrogen-bond donors (Lipinski definition) is 2. The van der Waals surface area contributed by atoms with Gasteiger partial charge in [0.25, 0.3) is 0 Å². The Bertz CT molecular complexity index is 1020. The lowest BCUT2D eigenvalue weighted by molar-refractivity contribution is 0.607. The van der Waals surface area contributed by atoms with E-state index in [1.165, 1.54) is 11.9 Å². The van der Waals surface area contributed by atoms with Crippen molar-refractivity contribution in [3.8, 4) is 11.3 Å². The van der Waals surface area contributed by atoms with Crippen molar-refractivity contribution in [2.45, 2.75) is 13.3 Å². The van der Waals surface area contributed by atoms with Gasteiger partial charge in [0.05, 0.1) is 17.6 Å². The molecule has 0 unspecified atom stereocenters. The predicted molar refractivity (Wildman–Crippen MR) is 105 cm³/mol. The number of nitrogens with one attached hydrogen (secondary N) is 2. The zero-order valence-corrected chi connectivity index (χ0v) is 15.4. The molecule has 0 aliphatic heterocycles. The van der Waals surface area contributed by atoms with E-state index in [1.807, 2.05) is 30.3 Å². The van der Waals surface area contributed by atoms with Crippen LogP contribution in [0.4, 0.5) is 17.2 Å². The van der Waals surface area contributed by atoms with Crippen LogP contribution in [0.1, 0.15) is 12.5 Å². The SMILES string of the molecule is CCc1ccccc1-c1cc(Nc2cccc(NS(C)(=O)=O)c2)ncn1. The van der Waals surface area contributed by atoms with Crippen molar-refractivity contribution in [1.29, 1.82) is 0 Å². The summed E-state index contributed by atoms with van der Waals surface area (Å²) in [5.74, 6) is 0.636. The first kappa shape index (κ1) is 17.9. The van der Waals surface area contributed by atoms with Gasteiger partial charge >= 0.3 is 0 Å². The fraction of sp³-hybridized carbons (Fsp3) is 0.158. The van der Waals surface area contributed by atoms with Gasteiger partial charge < -0.3 is 5.32 Å². The average Bonchev–Trinajstić information content (AvgIpc) is 2.61. The molecule has 3 aromatic rings. The van der Waals surface area contributed by atoms with Crippen molar-refractivity contribution in [2.75, 3.05) is 16.3 Å². The molecule has 1 heterocycles. The molecule has 0 spiro atoms. The maximum absolute atomic E-state index is 11.4. The Labute approximate surface area is 153 Å². The minimum absolute atomic E-state index is 0.489. The van der Waals surface area contributed by atoms with E-state index in [-0.39, 0.29) is 0 Å². The van der Waals surface area contributed by atoms with Gasteiger partial charge in [0.15, 0.2) is 0 Å². The second-order valence-electron chi connectivity index (χ2n) is 5.88. The zero-order chi connectivity index (χ0) is 18.6. The number of aromatic nitrogens is 2. The van der Waals surface area contributed by atoms with Crippen molar-refractivity contribution in [2.24, 2.45) is 0 Å². The monoisotopic (exact) mass is 368 g/mol. The standard InChI is InChI=1S/C19H20N4O2S/c1-3-14-7-4-5-10-17(14)18-12-19(21-13-20-18)22-15-8-6-9-16(11-15)23-26(2,24)25/h4-13,23H,3H2,1-2H3,(H,20,21,22). The maximum Gasteiger partial charge on any atom is 0.229 e. The lowest BCUT2D eigenvalue weighted by Gasteiger charge is -2.11. The van der Waals surface area contributed by atoms with Crippen molar-refractivity contribution in [3.63, 3.8) is 0 Å². The van der Waals surface area contributed by atoms with E-state index in [9.17, 15) is 8.42 Å². The average molecular weight is 368 g/mol. The highest BCUT2D eigenvalue weighted by atomic mass is 32.2. The Morgan fingerprint density at radius 3 is 2.50 bits per heavy atom. The van der Waals surface area contributed by atoms with E-state index in [1.54, 1.807) is 18.2 Å². The molecule has 0 amide bonds. The molecule has 0 saturated heterocycles. The second kappa shape index (κ2) is 7.53. The third-order valence-electron chi connectivity index (χ3n) is 3.78. The molecule has 0 atom stereocenters. The second-order valence-corrected chi connectivity index (χ2v) is 7.63. The highest BCUT2D eigenvalue weighted by Crippen LogP contribution is 2.25. The fourth-order valence-electron chi connectivity index (χ4n) is 2.67. The molecule has 1 aromatic heterocycles. The fourth-order valence-corrected chi connectivity index (χ4v) is 3.23. The Morgan fingerprint density at radius 2 is 1.73 bits per heavy atom. The van der Waals surface area contributed by atoms with Crippen LogP contribution in [0, 0.1) is 0 Å². The number of rotatable bonds is 6. The number of benzene rings is 2. The lowest BCUT2D eigenvalue weighted by atomic mass is 10.0. The molecule has 26 heavy (non-hydrogen) atoms. The third kappa shape index (κ3) is 4.58. The van der Waals surface area contributed by atoms with Gasteiger partial charge in [-0.25, -0.2) is 18.4 Å². The van der Waals surface area contributed by atoms with E-state index in [4.69, 9.17) is 0 Å². The Balaban J connectivity index is 1.87.